The Hall–Kier alpha value is -1.69. The topological polar surface area (TPSA) is 59.9 Å². The Morgan fingerprint density at radius 2 is 2.22 bits per heavy atom. The highest BCUT2D eigenvalue weighted by atomic mass is 79.9. The maximum Gasteiger partial charge on any atom is 0.232 e. The van der Waals surface area contributed by atoms with E-state index in [2.05, 4.69) is 36.2 Å². The lowest BCUT2D eigenvalue weighted by Gasteiger charge is -2.08. The zero-order chi connectivity index (χ0) is 13.0. The van der Waals surface area contributed by atoms with Gasteiger partial charge in [0, 0.05) is 18.9 Å². The number of methoxy groups -OCH3 is 1. The van der Waals surface area contributed by atoms with Crippen molar-refractivity contribution in [1.82, 2.24) is 15.0 Å². The van der Waals surface area contributed by atoms with E-state index < -0.39 is 0 Å². The number of ether oxygens (including phenoxy) is 1. The number of rotatable bonds is 4. The first kappa shape index (κ1) is 12.8. The molecule has 0 amide bonds. The molecule has 0 bridgehead atoms. The molecule has 0 atom stereocenters. The van der Waals surface area contributed by atoms with Crippen LogP contribution in [0.4, 0.5) is 5.95 Å². The minimum absolute atomic E-state index is 0.510. The van der Waals surface area contributed by atoms with E-state index in [4.69, 9.17) is 4.74 Å². The summed E-state index contributed by atoms with van der Waals surface area (Å²) < 4.78 is 5.84. The van der Waals surface area contributed by atoms with Crippen LogP contribution in [0.2, 0.25) is 0 Å². The number of anilines is 1. The van der Waals surface area contributed by atoms with Crippen molar-refractivity contribution in [2.45, 2.75) is 13.5 Å². The molecule has 0 radical (unpaired) electrons. The SMILES string of the molecule is COc1nc(NCc2cnccc2C)ncc1Br. The smallest absolute Gasteiger partial charge is 0.232 e. The molecule has 94 valence electrons. The normalized spacial score (nSPS) is 10.2. The van der Waals surface area contributed by atoms with Crippen LogP contribution in [0.1, 0.15) is 11.1 Å². The molecule has 0 aliphatic carbocycles. The molecule has 0 aliphatic heterocycles. The number of pyridine rings is 1. The Kier molecular flexibility index (Phi) is 4.09. The van der Waals surface area contributed by atoms with Crippen molar-refractivity contribution in [3.8, 4) is 5.88 Å². The first-order valence-corrected chi connectivity index (χ1v) is 6.20. The lowest BCUT2D eigenvalue weighted by Crippen LogP contribution is -2.06. The monoisotopic (exact) mass is 308 g/mol. The van der Waals surface area contributed by atoms with Gasteiger partial charge in [-0.3, -0.25) is 4.98 Å². The minimum atomic E-state index is 0.510. The van der Waals surface area contributed by atoms with Crippen molar-refractivity contribution in [2.75, 3.05) is 12.4 Å². The van der Waals surface area contributed by atoms with Crippen molar-refractivity contribution < 1.29 is 4.74 Å². The van der Waals surface area contributed by atoms with Crippen LogP contribution in [0, 0.1) is 6.92 Å². The van der Waals surface area contributed by atoms with Gasteiger partial charge < -0.3 is 10.1 Å². The number of hydrogen-bond donors (Lipinski definition) is 1. The molecule has 0 fully saturated rings. The number of aryl methyl sites for hydroxylation is 1. The second-order valence-electron chi connectivity index (χ2n) is 3.71. The predicted octanol–water partition coefficient (Wildman–Crippen LogP) is 2.56. The predicted molar refractivity (Wildman–Crippen MR) is 72.6 cm³/mol. The quantitative estimate of drug-likeness (QED) is 0.940. The highest BCUT2D eigenvalue weighted by molar-refractivity contribution is 9.10. The number of hydrogen-bond acceptors (Lipinski definition) is 5. The first-order chi connectivity index (χ1) is 8.70. The largest absolute Gasteiger partial charge is 0.480 e. The fraction of sp³-hybridized carbons (Fsp3) is 0.250. The molecular weight excluding hydrogens is 296 g/mol. The molecule has 2 rings (SSSR count). The molecule has 0 saturated carbocycles. The molecule has 6 heteroatoms. The summed E-state index contributed by atoms with van der Waals surface area (Å²) in [6.45, 7) is 2.67. The second-order valence-corrected chi connectivity index (χ2v) is 4.56. The summed E-state index contributed by atoms with van der Waals surface area (Å²) in [6.07, 6.45) is 5.26. The molecule has 0 saturated heterocycles. The van der Waals surface area contributed by atoms with E-state index in [1.807, 2.05) is 19.2 Å². The van der Waals surface area contributed by atoms with Gasteiger partial charge in [-0.05, 0) is 40.0 Å². The summed E-state index contributed by atoms with van der Waals surface area (Å²) in [6, 6.07) is 1.97. The van der Waals surface area contributed by atoms with Crippen LogP contribution in [-0.4, -0.2) is 22.1 Å². The van der Waals surface area contributed by atoms with Gasteiger partial charge in [0.05, 0.1) is 17.8 Å². The fourth-order valence-corrected chi connectivity index (χ4v) is 1.79. The summed E-state index contributed by atoms with van der Waals surface area (Å²) in [7, 11) is 1.57. The van der Waals surface area contributed by atoms with Crippen molar-refractivity contribution in [3.63, 3.8) is 0 Å². The van der Waals surface area contributed by atoms with Gasteiger partial charge >= 0.3 is 0 Å². The van der Waals surface area contributed by atoms with E-state index in [9.17, 15) is 0 Å². The molecule has 0 spiro atoms. The Labute approximate surface area is 114 Å². The third-order valence-electron chi connectivity index (χ3n) is 2.49. The third-order valence-corrected chi connectivity index (χ3v) is 3.03. The van der Waals surface area contributed by atoms with Gasteiger partial charge in [-0.25, -0.2) is 4.98 Å². The number of nitrogens with one attached hydrogen (secondary N) is 1. The number of nitrogens with zero attached hydrogens (tertiary/aromatic N) is 3. The molecule has 2 heterocycles. The van der Waals surface area contributed by atoms with Crippen molar-refractivity contribution in [2.24, 2.45) is 0 Å². The highest BCUT2D eigenvalue weighted by Crippen LogP contribution is 2.22. The summed E-state index contributed by atoms with van der Waals surface area (Å²) in [5, 5.41) is 3.14. The lowest BCUT2D eigenvalue weighted by atomic mass is 10.2. The van der Waals surface area contributed by atoms with E-state index in [1.54, 1.807) is 19.5 Å². The highest BCUT2D eigenvalue weighted by Gasteiger charge is 2.05. The van der Waals surface area contributed by atoms with Crippen LogP contribution in [-0.2, 0) is 6.54 Å². The number of aromatic nitrogens is 3. The Morgan fingerprint density at radius 3 is 2.94 bits per heavy atom. The van der Waals surface area contributed by atoms with E-state index >= 15 is 0 Å². The van der Waals surface area contributed by atoms with Crippen molar-refractivity contribution >= 4 is 21.9 Å². The van der Waals surface area contributed by atoms with Crippen LogP contribution in [0.3, 0.4) is 0 Å². The van der Waals surface area contributed by atoms with Crippen LogP contribution < -0.4 is 10.1 Å². The minimum Gasteiger partial charge on any atom is -0.480 e. The summed E-state index contributed by atoms with van der Waals surface area (Å²) in [4.78, 5) is 12.5. The van der Waals surface area contributed by atoms with E-state index in [0.29, 0.717) is 18.4 Å². The van der Waals surface area contributed by atoms with Crippen molar-refractivity contribution in [3.05, 3.63) is 40.3 Å². The molecule has 2 aromatic rings. The standard InChI is InChI=1S/C12H13BrN4O/c1-8-3-4-14-5-9(8)6-15-12-16-7-10(13)11(17-12)18-2/h3-5,7H,6H2,1-2H3,(H,15,16,17). The average molecular weight is 309 g/mol. The lowest BCUT2D eigenvalue weighted by molar-refractivity contribution is 0.394. The van der Waals surface area contributed by atoms with Gasteiger partial charge in [0.1, 0.15) is 0 Å². The van der Waals surface area contributed by atoms with E-state index in [-0.39, 0.29) is 0 Å². The molecule has 1 N–H and O–H groups in total. The maximum atomic E-state index is 5.11. The average Bonchev–Trinajstić information content (AvgIpc) is 2.39. The first-order valence-electron chi connectivity index (χ1n) is 5.40. The van der Waals surface area contributed by atoms with E-state index in [1.165, 1.54) is 5.56 Å². The van der Waals surface area contributed by atoms with Gasteiger partial charge in [-0.1, -0.05) is 0 Å². The third kappa shape index (κ3) is 2.95. The van der Waals surface area contributed by atoms with E-state index in [0.717, 1.165) is 10.0 Å². The molecule has 0 unspecified atom stereocenters. The Morgan fingerprint density at radius 1 is 1.39 bits per heavy atom. The van der Waals surface area contributed by atoms with Gasteiger partial charge in [0.2, 0.25) is 11.8 Å². The molecular formula is C12H13BrN4O. The molecule has 5 nitrogen and oxygen atoms in total. The second kappa shape index (κ2) is 5.77. The van der Waals surface area contributed by atoms with Gasteiger partial charge in [0.15, 0.2) is 0 Å². The summed E-state index contributed by atoms with van der Waals surface area (Å²) in [5.41, 5.74) is 2.30. The van der Waals surface area contributed by atoms with Crippen molar-refractivity contribution in [1.29, 1.82) is 0 Å². The van der Waals surface area contributed by atoms with Gasteiger partial charge in [0.25, 0.3) is 0 Å². The van der Waals surface area contributed by atoms with Gasteiger partial charge in [-0.15, -0.1) is 0 Å². The van der Waals surface area contributed by atoms with Crippen LogP contribution in [0.25, 0.3) is 0 Å². The zero-order valence-electron chi connectivity index (χ0n) is 10.1. The zero-order valence-corrected chi connectivity index (χ0v) is 11.7. The molecule has 2 aromatic heterocycles. The Balaban J connectivity index is 2.09. The maximum absolute atomic E-state index is 5.11. The van der Waals surface area contributed by atoms with Crippen LogP contribution in [0.15, 0.2) is 29.1 Å². The summed E-state index contributed by atoms with van der Waals surface area (Å²) in [5.74, 6) is 1.04. The van der Waals surface area contributed by atoms with Crippen LogP contribution in [0.5, 0.6) is 5.88 Å². The van der Waals surface area contributed by atoms with Gasteiger partial charge in [-0.2, -0.15) is 4.98 Å². The fourth-order valence-electron chi connectivity index (χ4n) is 1.44. The number of halogens is 1. The van der Waals surface area contributed by atoms with Crippen LogP contribution >= 0.6 is 15.9 Å². The molecule has 18 heavy (non-hydrogen) atoms. The summed E-state index contributed by atoms with van der Waals surface area (Å²) >= 11 is 3.31. The Bertz CT molecular complexity index is 547. The molecule has 0 aromatic carbocycles. The molecule has 0 aliphatic rings.